The maximum Gasteiger partial charge on any atom is 0.269 e. The molecule has 0 aliphatic rings. The van der Waals surface area contributed by atoms with E-state index in [-0.39, 0.29) is 5.91 Å². The zero-order chi connectivity index (χ0) is 19.3. The van der Waals surface area contributed by atoms with Crippen LogP contribution >= 0.6 is 0 Å². The summed E-state index contributed by atoms with van der Waals surface area (Å²) in [6.45, 7) is 3.36. The molecule has 1 N–H and O–H groups in total. The Morgan fingerprint density at radius 1 is 1.04 bits per heavy atom. The third-order valence-corrected chi connectivity index (χ3v) is 4.69. The van der Waals surface area contributed by atoms with E-state index in [1.165, 1.54) is 11.1 Å². The predicted molar refractivity (Wildman–Crippen MR) is 110 cm³/mol. The van der Waals surface area contributed by atoms with Crippen LogP contribution in [0.2, 0.25) is 0 Å². The average Bonchev–Trinajstić information content (AvgIpc) is 3.06. The molecule has 0 aliphatic heterocycles. The van der Waals surface area contributed by atoms with Crippen molar-refractivity contribution < 1.29 is 4.79 Å². The number of amides is 1. The lowest BCUT2D eigenvalue weighted by Gasteiger charge is -2.11. The standard InChI is InChI=1S/C23H22N4O/c1-17-7-6-8-18(15-17)16-27-21-11-3-2-9-19(21)26-22(27)12-14-25-23(28)20-10-4-5-13-24-20/h2-11,13,15H,12,14,16H2,1H3,(H,25,28). The van der Waals surface area contributed by atoms with Gasteiger partial charge in [0.2, 0.25) is 0 Å². The van der Waals surface area contributed by atoms with Gasteiger partial charge in [0.15, 0.2) is 0 Å². The smallest absolute Gasteiger partial charge is 0.269 e. The third kappa shape index (κ3) is 3.93. The molecule has 4 rings (SSSR count). The summed E-state index contributed by atoms with van der Waals surface area (Å²) in [6.07, 6.45) is 2.27. The Balaban J connectivity index is 1.54. The zero-order valence-electron chi connectivity index (χ0n) is 15.8. The summed E-state index contributed by atoms with van der Waals surface area (Å²) in [4.78, 5) is 21.1. The monoisotopic (exact) mass is 370 g/mol. The van der Waals surface area contributed by atoms with Gasteiger partial charge in [0.25, 0.3) is 5.91 Å². The van der Waals surface area contributed by atoms with E-state index in [9.17, 15) is 4.79 Å². The van der Waals surface area contributed by atoms with E-state index in [0.717, 1.165) is 23.4 Å². The number of carbonyl (C=O) groups excluding carboxylic acids is 1. The normalized spacial score (nSPS) is 10.9. The molecule has 0 bridgehead atoms. The number of aryl methyl sites for hydroxylation is 1. The van der Waals surface area contributed by atoms with Crippen molar-refractivity contribution in [3.05, 3.63) is 95.6 Å². The van der Waals surface area contributed by atoms with Crippen LogP contribution in [0.1, 0.15) is 27.4 Å². The molecule has 0 atom stereocenters. The van der Waals surface area contributed by atoms with Gasteiger partial charge in [-0.25, -0.2) is 4.98 Å². The van der Waals surface area contributed by atoms with E-state index < -0.39 is 0 Å². The first-order valence-corrected chi connectivity index (χ1v) is 9.39. The molecular weight excluding hydrogens is 348 g/mol. The summed E-state index contributed by atoms with van der Waals surface area (Å²) in [5.41, 5.74) is 4.99. The Morgan fingerprint density at radius 2 is 1.89 bits per heavy atom. The van der Waals surface area contributed by atoms with E-state index in [2.05, 4.69) is 52.1 Å². The molecule has 4 aromatic rings. The summed E-state index contributed by atoms with van der Waals surface area (Å²) in [5.74, 6) is 0.797. The maximum atomic E-state index is 12.2. The van der Waals surface area contributed by atoms with Crippen LogP contribution in [0.5, 0.6) is 0 Å². The molecule has 0 saturated heterocycles. The molecule has 2 heterocycles. The van der Waals surface area contributed by atoms with Gasteiger partial charge >= 0.3 is 0 Å². The predicted octanol–water partition coefficient (Wildman–Crippen LogP) is 3.76. The molecule has 0 unspecified atom stereocenters. The SMILES string of the molecule is Cc1cccc(Cn2c(CCNC(=O)c3ccccn3)nc3ccccc32)c1. The Kier molecular flexibility index (Phi) is 5.15. The van der Waals surface area contributed by atoms with Gasteiger partial charge < -0.3 is 9.88 Å². The molecule has 140 valence electrons. The number of rotatable bonds is 6. The van der Waals surface area contributed by atoms with Gasteiger partial charge in [0, 0.05) is 25.7 Å². The number of para-hydroxylation sites is 2. The molecule has 28 heavy (non-hydrogen) atoms. The molecule has 2 aromatic heterocycles. The molecule has 0 radical (unpaired) electrons. The van der Waals surface area contributed by atoms with Crippen molar-refractivity contribution in [2.24, 2.45) is 0 Å². The summed E-state index contributed by atoms with van der Waals surface area (Å²) in [6, 6.07) is 22.0. The number of hydrogen-bond donors (Lipinski definition) is 1. The van der Waals surface area contributed by atoms with Crippen molar-refractivity contribution in [3.8, 4) is 0 Å². The third-order valence-electron chi connectivity index (χ3n) is 4.69. The van der Waals surface area contributed by atoms with Gasteiger partial charge in [0.05, 0.1) is 11.0 Å². The van der Waals surface area contributed by atoms with Crippen LogP contribution in [0.15, 0.2) is 72.9 Å². The molecule has 2 aromatic carbocycles. The summed E-state index contributed by atoms with van der Waals surface area (Å²) < 4.78 is 2.23. The highest BCUT2D eigenvalue weighted by Crippen LogP contribution is 2.19. The van der Waals surface area contributed by atoms with Gasteiger partial charge in [-0.3, -0.25) is 9.78 Å². The fraction of sp³-hybridized carbons (Fsp3) is 0.174. The van der Waals surface area contributed by atoms with Crippen LogP contribution in [0, 0.1) is 6.92 Å². The van der Waals surface area contributed by atoms with Gasteiger partial charge in [-0.1, -0.05) is 48.0 Å². The number of fused-ring (bicyclic) bond motifs is 1. The number of pyridine rings is 1. The Hall–Kier alpha value is -3.47. The molecule has 1 amide bonds. The minimum Gasteiger partial charge on any atom is -0.350 e. The molecular formula is C23H22N4O. The number of aromatic nitrogens is 3. The van der Waals surface area contributed by atoms with Gasteiger partial charge in [0.1, 0.15) is 11.5 Å². The van der Waals surface area contributed by atoms with E-state index in [4.69, 9.17) is 4.98 Å². The molecule has 5 nitrogen and oxygen atoms in total. The zero-order valence-corrected chi connectivity index (χ0v) is 15.8. The van der Waals surface area contributed by atoms with Crippen molar-refractivity contribution in [2.45, 2.75) is 19.9 Å². The highest BCUT2D eigenvalue weighted by Gasteiger charge is 2.12. The van der Waals surface area contributed by atoms with Crippen molar-refractivity contribution in [2.75, 3.05) is 6.54 Å². The minimum absolute atomic E-state index is 0.165. The average molecular weight is 370 g/mol. The van der Waals surface area contributed by atoms with Crippen LogP contribution in [0.3, 0.4) is 0 Å². The summed E-state index contributed by atoms with van der Waals surface area (Å²) >= 11 is 0. The Morgan fingerprint density at radius 3 is 2.71 bits per heavy atom. The highest BCUT2D eigenvalue weighted by molar-refractivity contribution is 5.92. The van der Waals surface area contributed by atoms with Crippen LogP contribution in [-0.4, -0.2) is 27.0 Å². The second-order valence-electron chi connectivity index (χ2n) is 6.81. The van der Waals surface area contributed by atoms with Crippen LogP contribution < -0.4 is 5.32 Å². The number of hydrogen-bond acceptors (Lipinski definition) is 3. The van der Waals surface area contributed by atoms with Crippen molar-refractivity contribution >= 4 is 16.9 Å². The fourth-order valence-electron chi connectivity index (χ4n) is 3.36. The molecule has 0 fully saturated rings. The van der Waals surface area contributed by atoms with Gasteiger partial charge in [-0.2, -0.15) is 0 Å². The van der Waals surface area contributed by atoms with Crippen LogP contribution in [0.25, 0.3) is 11.0 Å². The number of carbonyl (C=O) groups is 1. The Labute approximate surface area is 164 Å². The number of nitrogens with zero attached hydrogens (tertiary/aromatic N) is 3. The lowest BCUT2D eigenvalue weighted by atomic mass is 10.1. The highest BCUT2D eigenvalue weighted by atomic mass is 16.1. The first kappa shape index (κ1) is 17.9. The Bertz CT molecular complexity index is 1100. The number of imidazole rings is 1. The van der Waals surface area contributed by atoms with Crippen LogP contribution in [-0.2, 0) is 13.0 Å². The maximum absolute atomic E-state index is 12.2. The quantitative estimate of drug-likeness (QED) is 0.562. The first-order chi connectivity index (χ1) is 13.7. The van der Waals surface area contributed by atoms with E-state index in [1.807, 2.05) is 24.3 Å². The fourth-order valence-corrected chi connectivity index (χ4v) is 3.36. The van der Waals surface area contributed by atoms with E-state index in [0.29, 0.717) is 18.7 Å². The number of benzene rings is 2. The van der Waals surface area contributed by atoms with E-state index in [1.54, 1.807) is 18.3 Å². The van der Waals surface area contributed by atoms with Gasteiger partial charge in [-0.05, 0) is 36.8 Å². The lowest BCUT2D eigenvalue weighted by Crippen LogP contribution is -2.27. The van der Waals surface area contributed by atoms with Gasteiger partial charge in [-0.15, -0.1) is 0 Å². The lowest BCUT2D eigenvalue weighted by molar-refractivity contribution is 0.0949. The van der Waals surface area contributed by atoms with Crippen molar-refractivity contribution in [1.82, 2.24) is 19.9 Å². The topological polar surface area (TPSA) is 59.8 Å². The summed E-state index contributed by atoms with van der Waals surface area (Å²) in [7, 11) is 0. The second kappa shape index (κ2) is 8.05. The molecule has 0 aliphatic carbocycles. The molecule has 0 spiro atoms. The van der Waals surface area contributed by atoms with Crippen molar-refractivity contribution in [3.63, 3.8) is 0 Å². The van der Waals surface area contributed by atoms with Crippen LogP contribution in [0.4, 0.5) is 0 Å². The van der Waals surface area contributed by atoms with E-state index >= 15 is 0 Å². The minimum atomic E-state index is -0.165. The second-order valence-corrected chi connectivity index (χ2v) is 6.81. The molecule has 5 heteroatoms. The summed E-state index contributed by atoms with van der Waals surface area (Å²) in [5, 5.41) is 2.94. The number of nitrogens with one attached hydrogen (secondary N) is 1. The van der Waals surface area contributed by atoms with Crippen molar-refractivity contribution in [1.29, 1.82) is 0 Å². The largest absolute Gasteiger partial charge is 0.350 e. The molecule has 0 saturated carbocycles. The first-order valence-electron chi connectivity index (χ1n) is 9.39.